The van der Waals surface area contributed by atoms with Crippen LogP contribution in [0.4, 0.5) is 0 Å². The maximum Gasteiger partial charge on any atom is 0.341 e. The van der Waals surface area contributed by atoms with Gasteiger partial charge in [0.1, 0.15) is 23.1 Å². The Hall–Kier alpha value is -1.72. The molecule has 2 rings (SSSR count). The van der Waals surface area contributed by atoms with Crippen molar-refractivity contribution in [2.45, 2.75) is 13.5 Å². The van der Waals surface area contributed by atoms with E-state index in [1.165, 1.54) is 10.7 Å². The van der Waals surface area contributed by atoms with Crippen LogP contribution in [0.25, 0.3) is 0 Å². The Morgan fingerprint density at radius 1 is 1.45 bits per heavy atom. The van der Waals surface area contributed by atoms with Gasteiger partial charge >= 0.3 is 5.97 Å². The lowest BCUT2D eigenvalue weighted by molar-refractivity contribution is 0.0692. The second kappa shape index (κ2) is 5.73. The number of ether oxygens (including phenoxy) is 1. The Bertz CT molecular complexity index is 668. The van der Waals surface area contributed by atoms with Crippen molar-refractivity contribution in [1.82, 2.24) is 9.78 Å². The van der Waals surface area contributed by atoms with E-state index >= 15 is 0 Å². The number of benzene rings is 1. The van der Waals surface area contributed by atoms with E-state index in [9.17, 15) is 4.79 Å². The van der Waals surface area contributed by atoms with Gasteiger partial charge in [-0.3, -0.25) is 4.68 Å². The van der Waals surface area contributed by atoms with Gasteiger partial charge in [-0.2, -0.15) is 5.10 Å². The number of carbonyl (C=O) groups is 1. The SMILES string of the molecule is Cc1nn(C)c(Cl)c1COc1cccc(Cl)c1C(=O)O. The minimum atomic E-state index is -1.14. The maximum atomic E-state index is 11.2. The van der Waals surface area contributed by atoms with Gasteiger partial charge in [-0.05, 0) is 19.1 Å². The summed E-state index contributed by atoms with van der Waals surface area (Å²) in [4.78, 5) is 11.2. The molecule has 0 aliphatic rings. The number of hydrogen-bond acceptors (Lipinski definition) is 3. The molecule has 0 amide bonds. The minimum Gasteiger partial charge on any atom is -0.488 e. The Morgan fingerprint density at radius 2 is 2.15 bits per heavy atom. The second-order valence-corrected chi connectivity index (χ2v) is 4.95. The third kappa shape index (κ3) is 2.73. The first-order valence-electron chi connectivity index (χ1n) is 5.74. The highest BCUT2D eigenvalue weighted by Gasteiger charge is 2.17. The molecule has 0 fully saturated rings. The van der Waals surface area contributed by atoms with Crippen molar-refractivity contribution in [1.29, 1.82) is 0 Å². The van der Waals surface area contributed by atoms with Crippen molar-refractivity contribution in [3.8, 4) is 5.75 Å². The summed E-state index contributed by atoms with van der Waals surface area (Å²) in [6, 6.07) is 4.68. The number of aryl methyl sites for hydroxylation is 2. The van der Waals surface area contributed by atoms with Crippen LogP contribution in [0, 0.1) is 6.92 Å². The molecule has 7 heteroatoms. The zero-order valence-electron chi connectivity index (χ0n) is 10.9. The molecule has 1 heterocycles. The number of hydrogen-bond donors (Lipinski definition) is 1. The first-order valence-corrected chi connectivity index (χ1v) is 6.50. The molecule has 0 spiro atoms. The highest BCUT2D eigenvalue weighted by Crippen LogP contribution is 2.28. The molecule has 0 saturated heterocycles. The van der Waals surface area contributed by atoms with Crippen molar-refractivity contribution >= 4 is 29.2 Å². The largest absolute Gasteiger partial charge is 0.488 e. The first kappa shape index (κ1) is 14.7. The van der Waals surface area contributed by atoms with Crippen LogP contribution in [0.15, 0.2) is 18.2 Å². The number of nitrogens with zero attached hydrogens (tertiary/aromatic N) is 2. The van der Waals surface area contributed by atoms with Gasteiger partial charge in [-0.15, -0.1) is 0 Å². The fourth-order valence-electron chi connectivity index (χ4n) is 1.82. The summed E-state index contributed by atoms with van der Waals surface area (Å²) in [7, 11) is 1.72. The fourth-order valence-corrected chi connectivity index (χ4v) is 2.30. The Balaban J connectivity index is 2.28. The number of aromatic carboxylic acids is 1. The molecule has 0 aliphatic carbocycles. The predicted octanol–water partition coefficient (Wildman–Crippen LogP) is 3.31. The van der Waals surface area contributed by atoms with Crippen LogP contribution in [0.3, 0.4) is 0 Å². The Kier molecular flexibility index (Phi) is 4.20. The average molecular weight is 315 g/mol. The predicted molar refractivity (Wildman–Crippen MR) is 75.7 cm³/mol. The first-order chi connectivity index (χ1) is 9.41. The summed E-state index contributed by atoms with van der Waals surface area (Å²) < 4.78 is 7.07. The van der Waals surface area contributed by atoms with Crippen molar-refractivity contribution in [3.05, 3.63) is 45.2 Å². The summed E-state index contributed by atoms with van der Waals surface area (Å²) >= 11 is 12.0. The van der Waals surface area contributed by atoms with Crippen LogP contribution in [-0.2, 0) is 13.7 Å². The molecule has 1 aromatic heterocycles. The number of aromatic nitrogens is 2. The highest BCUT2D eigenvalue weighted by molar-refractivity contribution is 6.33. The molecular formula is C13H12Cl2N2O3. The second-order valence-electron chi connectivity index (χ2n) is 4.19. The average Bonchev–Trinajstić information content (AvgIpc) is 2.61. The third-order valence-electron chi connectivity index (χ3n) is 2.83. The van der Waals surface area contributed by atoms with Gasteiger partial charge in [-0.1, -0.05) is 29.3 Å². The number of rotatable bonds is 4. The lowest BCUT2D eigenvalue weighted by Gasteiger charge is -2.10. The van der Waals surface area contributed by atoms with Gasteiger partial charge in [0.25, 0.3) is 0 Å². The van der Waals surface area contributed by atoms with Crippen LogP contribution in [0.5, 0.6) is 5.75 Å². The monoisotopic (exact) mass is 314 g/mol. The van der Waals surface area contributed by atoms with E-state index in [0.29, 0.717) is 10.7 Å². The van der Waals surface area contributed by atoms with Gasteiger partial charge in [0, 0.05) is 12.6 Å². The molecule has 2 aromatic rings. The van der Waals surface area contributed by atoms with Crippen molar-refractivity contribution in [3.63, 3.8) is 0 Å². The summed E-state index contributed by atoms with van der Waals surface area (Å²) in [5.41, 5.74) is 1.38. The number of carboxylic acid groups (broad SMARTS) is 1. The maximum absolute atomic E-state index is 11.2. The van der Waals surface area contributed by atoms with Crippen molar-refractivity contribution in [2.75, 3.05) is 0 Å². The molecule has 0 saturated carbocycles. The lowest BCUT2D eigenvalue weighted by atomic mass is 10.2. The number of halogens is 2. The molecule has 0 unspecified atom stereocenters. The molecule has 20 heavy (non-hydrogen) atoms. The molecule has 0 aliphatic heterocycles. The Labute approximate surface area is 125 Å². The van der Waals surface area contributed by atoms with Crippen LogP contribution >= 0.6 is 23.2 Å². The zero-order valence-corrected chi connectivity index (χ0v) is 12.4. The smallest absolute Gasteiger partial charge is 0.341 e. The van der Waals surface area contributed by atoms with E-state index in [0.717, 1.165) is 5.69 Å². The normalized spacial score (nSPS) is 10.6. The lowest BCUT2D eigenvalue weighted by Crippen LogP contribution is -2.04. The van der Waals surface area contributed by atoms with Crippen LogP contribution in [0.1, 0.15) is 21.6 Å². The van der Waals surface area contributed by atoms with E-state index in [-0.39, 0.29) is 22.9 Å². The zero-order chi connectivity index (χ0) is 14.9. The van der Waals surface area contributed by atoms with E-state index in [2.05, 4.69) is 5.10 Å². The van der Waals surface area contributed by atoms with E-state index < -0.39 is 5.97 Å². The molecule has 0 atom stereocenters. The van der Waals surface area contributed by atoms with Crippen molar-refractivity contribution in [2.24, 2.45) is 7.05 Å². The van der Waals surface area contributed by atoms with Crippen LogP contribution < -0.4 is 4.74 Å². The fraction of sp³-hybridized carbons (Fsp3) is 0.231. The molecule has 106 valence electrons. The number of carboxylic acids is 1. The molecular weight excluding hydrogens is 303 g/mol. The summed E-state index contributed by atoms with van der Waals surface area (Å²) in [6.07, 6.45) is 0. The molecule has 5 nitrogen and oxygen atoms in total. The van der Waals surface area contributed by atoms with Gasteiger partial charge in [-0.25, -0.2) is 4.79 Å². The van der Waals surface area contributed by atoms with Gasteiger partial charge in [0.05, 0.1) is 10.7 Å². The summed E-state index contributed by atoms with van der Waals surface area (Å²) in [5, 5.41) is 13.9. The van der Waals surface area contributed by atoms with E-state index in [4.69, 9.17) is 33.0 Å². The highest BCUT2D eigenvalue weighted by atomic mass is 35.5. The minimum absolute atomic E-state index is 0.0631. The summed E-state index contributed by atoms with van der Waals surface area (Å²) in [6.45, 7) is 1.93. The third-order valence-corrected chi connectivity index (χ3v) is 3.62. The van der Waals surface area contributed by atoms with Gasteiger partial charge < -0.3 is 9.84 Å². The standard InChI is InChI=1S/C13H12Cl2N2O3/c1-7-8(12(15)17(2)16-7)6-20-10-5-3-4-9(14)11(10)13(18)19/h3-5H,6H2,1-2H3,(H,18,19). The van der Waals surface area contributed by atoms with Crippen LogP contribution in [-0.4, -0.2) is 20.9 Å². The molecule has 1 aromatic carbocycles. The summed E-state index contributed by atoms with van der Waals surface area (Å²) in [5.74, 6) is -0.941. The van der Waals surface area contributed by atoms with Crippen LogP contribution in [0.2, 0.25) is 10.2 Å². The van der Waals surface area contributed by atoms with E-state index in [1.54, 1.807) is 26.1 Å². The van der Waals surface area contributed by atoms with Gasteiger partial charge in [0.15, 0.2) is 0 Å². The van der Waals surface area contributed by atoms with Crippen molar-refractivity contribution < 1.29 is 14.6 Å². The topological polar surface area (TPSA) is 64.4 Å². The molecule has 0 bridgehead atoms. The molecule has 0 radical (unpaired) electrons. The molecule has 1 N–H and O–H groups in total. The van der Waals surface area contributed by atoms with Gasteiger partial charge in [0.2, 0.25) is 0 Å². The Morgan fingerprint density at radius 3 is 2.70 bits per heavy atom. The quantitative estimate of drug-likeness (QED) is 0.940. The van der Waals surface area contributed by atoms with E-state index in [1.807, 2.05) is 0 Å².